The Morgan fingerprint density at radius 1 is 1.40 bits per heavy atom. The predicted octanol–water partition coefficient (Wildman–Crippen LogP) is 1.41. The maximum Gasteiger partial charge on any atom is 0.335 e. The van der Waals surface area contributed by atoms with Crippen molar-refractivity contribution in [2.24, 2.45) is 0 Å². The molecule has 1 saturated heterocycles. The topological polar surface area (TPSA) is 78.9 Å². The number of urea groups is 1. The van der Waals surface area contributed by atoms with E-state index in [0.717, 1.165) is 11.1 Å². The van der Waals surface area contributed by atoms with E-state index < -0.39 is 5.97 Å². The van der Waals surface area contributed by atoms with E-state index in [1.807, 2.05) is 13.8 Å². The van der Waals surface area contributed by atoms with Crippen molar-refractivity contribution in [3.05, 3.63) is 28.8 Å². The zero-order valence-corrected chi connectivity index (χ0v) is 11.6. The number of carboxylic acids is 1. The predicted molar refractivity (Wildman–Crippen MR) is 73.3 cm³/mol. The van der Waals surface area contributed by atoms with E-state index in [-0.39, 0.29) is 11.6 Å². The Hall–Kier alpha value is -2.24. The molecule has 20 heavy (non-hydrogen) atoms. The standard InChI is InChI=1S/C14H18N2O4/c1-9-7-11(13(17)18)8-10(2)12(9)20-6-5-16-4-3-15-14(16)19/h7-8H,3-6H2,1-2H3,(H,15,19)(H,17,18). The van der Waals surface area contributed by atoms with Crippen LogP contribution in [0.25, 0.3) is 0 Å². The minimum atomic E-state index is -0.948. The molecule has 0 unspecified atom stereocenters. The first-order chi connectivity index (χ1) is 9.49. The fourth-order valence-corrected chi connectivity index (χ4v) is 2.28. The molecule has 1 aromatic rings. The van der Waals surface area contributed by atoms with Gasteiger partial charge in [-0.3, -0.25) is 0 Å². The molecule has 0 bridgehead atoms. The van der Waals surface area contributed by atoms with Gasteiger partial charge in [0, 0.05) is 13.1 Å². The zero-order chi connectivity index (χ0) is 14.7. The lowest BCUT2D eigenvalue weighted by atomic mass is 10.1. The van der Waals surface area contributed by atoms with Gasteiger partial charge in [-0.1, -0.05) is 0 Å². The third-order valence-electron chi connectivity index (χ3n) is 3.26. The molecule has 0 atom stereocenters. The van der Waals surface area contributed by atoms with Gasteiger partial charge in [0.1, 0.15) is 12.4 Å². The highest BCUT2D eigenvalue weighted by Crippen LogP contribution is 2.24. The van der Waals surface area contributed by atoms with Gasteiger partial charge in [0.25, 0.3) is 0 Å². The van der Waals surface area contributed by atoms with Gasteiger partial charge in [-0.2, -0.15) is 0 Å². The molecule has 1 aliphatic heterocycles. The van der Waals surface area contributed by atoms with Crippen LogP contribution in [0.4, 0.5) is 4.79 Å². The van der Waals surface area contributed by atoms with Crippen LogP contribution in [0.1, 0.15) is 21.5 Å². The molecule has 1 heterocycles. The number of aryl methyl sites for hydroxylation is 2. The molecule has 0 aliphatic carbocycles. The van der Waals surface area contributed by atoms with Crippen LogP contribution in [-0.4, -0.2) is 48.2 Å². The molecule has 2 rings (SSSR count). The van der Waals surface area contributed by atoms with Gasteiger partial charge in [0.2, 0.25) is 0 Å². The number of amides is 2. The van der Waals surface area contributed by atoms with Crippen molar-refractivity contribution < 1.29 is 19.4 Å². The molecule has 6 nitrogen and oxygen atoms in total. The van der Waals surface area contributed by atoms with Crippen LogP contribution in [0.3, 0.4) is 0 Å². The average molecular weight is 278 g/mol. The van der Waals surface area contributed by atoms with Crippen molar-refractivity contribution in [3.8, 4) is 5.75 Å². The number of nitrogens with one attached hydrogen (secondary N) is 1. The molecule has 108 valence electrons. The number of hydrogen-bond donors (Lipinski definition) is 2. The summed E-state index contributed by atoms with van der Waals surface area (Å²) in [5.41, 5.74) is 1.83. The molecule has 0 spiro atoms. The number of benzene rings is 1. The van der Waals surface area contributed by atoms with Crippen LogP contribution < -0.4 is 10.1 Å². The summed E-state index contributed by atoms with van der Waals surface area (Å²) in [5.74, 6) is -0.258. The summed E-state index contributed by atoms with van der Waals surface area (Å²) in [5, 5.41) is 11.7. The molecule has 2 N–H and O–H groups in total. The highest BCUT2D eigenvalue weighted by Gasteiger charge is 2.19. The van der Waals surface area contributed by atoms with E-state index >= 15 is 0 Å². The van der Waals surface area contributed by atoms with E-state index in [0.29, 0.717) is 32.0 Å². The average Bonchev–Trinajstić information content (AvgIpc) is 2.78. The van der Waals surface area contributed by atoms with Gasteiger partial charge in [-0.15, -0.1) is 0 Å². The molecule has 1 aliphatic rings. The van der Waals surface area contributed by atoms with Gasteiger partial charge in [-0.25, -0.2) is 9.59 Å². The first kappa shape index (κ1) is 14.2. The van der Waals surface area contributed by atoms with Gasteiger partial charge < -0.3 is 20.1 Å². The summed E-state index contributed by atoms with van der Waals surface area (Å²) in [6.45, 7) is 5.91. The van der Waals surface area contributed by atoms with E-state index in [4.69, 9.17) is 9.84 Å². The fourth-order valence-electron chi connectivity index (χ4n) is 2.28. The lowest BCUT2D eigenvalue weighted by molar-refractivity contribution is 0.0696. The largest absolute Gasteiger partial charge is 0.491 e. The Balaban J connectivity index is 1.99. The number of rotatable bonds is 5. The second-order valence-electron chi connectivity index (χ2n) is 4.81. The summed E-state index contributed by atoms with van der Waals surface area (Å²) in [6, 6.07) is 3.11. The highest BCUT2D eigenvalue weighted by molar-refractivity contribution is 5.88. The highest BCUT2D eigenvalue weighted by atomic mass is 16.5. The monoisotopic (exact) mass is 278 g/mol. The number of carbonyl (C=O) groups is 2. The molecular weight excluding hydrogens is 260 g/mol. The molecule has 6 heteroatoms. The summed E-state index contributed by atoms with van der Waals surface area (Å²) in [6.07, 6.45) is 0. The van der Waals surface area contributed by atoms with Crippen molar-refractivity contribution in [1.82, 2.24) is 10.2 Å². The number of carbonyl (C=O) groups excluding carboxylic acids is 1. The molecule has 0 saturated carbocycles. The Bertz CT molecular complexity index is 519. The molecule has 1 aromatic carbocycles. The number of ether oxygens (including phenoxy) is 1. The van der Waals surface area contributed by atoms with Crippen LogP contribution >= 0.6 is 0 Å². The van der Waals surface area contributed by atoms with Crippen LogP contribution in [0, 0.1) is 13.8 Å². The number of nitrogens with zero attached hydrogens (tertiary/aromatic N) is 1. The van der Waals surface area contributed by atoms with Gasteiger partial charge in [-0.05, 0) is 37.1 Å². The Kier molecular flexibility index (Phi) is 4.12. The number of aromatic carboxylic acids is 1. The summed E-state index contributed by atoms with van der Waals surface area (Å²) in [7, 11) is 0. The first-order valence-corrected chi connectivity index (χ1v) is 6.49. The summed E-state index contributed by atoms with van der Waals surface area (Å²) >= 11 is 0. The summed E-state index contributed by atoms with van der Waals surface area (Å²) < 4.78 is 5.70. The molecule has 1 fully saturated rings. The SMILES string of the molecule is Cc1cc(C(=O)O)cc(C)c1OCCN1CCNC1=O. The number of carboxylic acid groups (broad SMARTS) is 1. The van der Waals surface area contributed by atoms with Crippen molar-refractivity contribution in [3.63, 3.8) is 0 Å². The van der Waals surface area contributed by atoms with Gasteiger partial charge in [0.15, 0.2) is 0 Å². The van der Waals surface area contributed by atoms with Crippen molar-refractivity contribution in [2.45, 2.75) is 13.8 Å². The normalized spacial score (nSPS) is 14.3. The van der Waals surface area contributed by atoms with E-state index in [2.05, 4.69) is 5.32 Å². The molecular formula is C14H18N2O4. The molecule has 0 aromatic heterocycles. The first-order valence-electron chi connectivity index (χ1n) is 6.49. The Morgan fingerprint density at radius 3 is 2.55 bits per heavy atom. The van der Waals surface area contributed by atoms with E-state index in [1.54, 1.807) is 17.0 Å². The van der Waals surface area contributed by atoms with Crippen LogP contribution in [0.2, 0.25) is 0 Å². The van der Waals surface area contributed by atoms with Crippen molar-refractivity contribution in [2.75, 3.05) is 26.2 Å². The van der Waals surface area contributed by atoms with E-state index in [1.165, 1.54) is 0 Å². The Morgan fingerprint density at radius 2 is 2.05 bits per heavy atom. The summed E-state index contributed by atoms with van der Waals surface area (Å²) in [4.78, 5) is 24.0. The second kappa shape index (κ2) is 5.81. The minimum absolute atomic E-state index is 0.0664. The third-order valence-corrected chi connectivity index (χ3v) is 3.26. The Labute approximate surface area is 117 Å². The quantitative estimate of drug-likeness (QED) is 0.853. The zero-order valence-electron chi connectivity index (χ0n) is 11.6. The van der Waals surface area contributed by atoms with Gasteiger partial charge in [0.05, 0.1) is 12.1 Å². The van der Waals surface area contributed by atoms with Crippen molar-refractivity contribution in [1.29, 1.82) is 0 Å². The molecule has 0 radical (unpaired) electrons. The maximum atomic E-state index is 11.4. The van der Waals surface area contributed by atoms with Crippen LogP contribution in [0.5, 0.6) is 5.75 Å². The lowest BCUT2D eigenvalue weighted by Crippen LogP contribution is -2.32. The number of hydrogen-bond acceptors (Lipinski definition) is 3. The lowest BCUT2D eigenvalue weighted by Gasteiger charge is -2.17. The maximum absolute atomic E-state index is 11.4. The van der Waals surface area contributed by atoms with Gasteiger partial charge >= 0.3 is 12.0 Å². The van der Waals surface area contributed by atoms with Crippen molar-refractivity contribution >= 4 is 12.0 Å². The van der Waals surface area contributed by atoms with Crippen LogP contribution in [0.15, 0.2) is 12.1 Å². The smallest absolute Gasteiger partial charge is 0.335 e. The molecule has 2 amide bonds. The van der Waals surface area contributed by atoms with Crippen LogP contribution in [-0.2, 0) is 0 Å². The minimum Gasteiger partial charge on any atom is -0.491 e. The fraction of sp³-hybridized carbons (Fsp3) is 0.429. The van der Waals surface area contributed by atoms with E-state index in [9.17, 15) is 9.59 Å². The second-order valence-corrected chi connectivity index (χ2v) is 4.81. The third kappa shape index (κ3) is 3.01.